The Morgan fingerprint density at radius 1 is 1.26 bits per heavy atom. The van der Waals surface area contributed by atoms with Crippen LogP contribution in [0, 0.1) is 5.82 Å². The van der Waals surface area contributed by atoms with Crippen LogP contribution in [-0.2, 0) is 4.74 Å². The van der Waals surface area contributed by atoms with E-state index in [-0.39, 0.29) is 16.6 Å². The molecular formula is C15H19ClFN3O3. The van der Waals surface area contributed by atoms with E-state index in [2.05, 4.69) is 5.32 Å². The molecule has 0 radical (unpaired) electrons. The van der Waals surface area contributed by atoms with Gasteiger partial charge in [0.2, 0.25) is 0 Å². The SMILES string of the molecule is COCCNC(=O)N1CCN(C(=O)c2ccc(Cl)cc2F)CC1. The quantitative estimate of drug-likeness (QED) is 0.845. The number of rotatable bonds is 4. The first-order chi connectivity index (χ1) is 11.0. The Labute approximate surface area is 139 Å². The Kier molecular flexibility index (Phi) is 6.18. The van der Waals surface area contributed by atoms with Gasteiger partial charge in [0.1, 0.15) is 5.82 Å². The van der Waals surface area contributed by atoms with Gasteiger partial charge in [0.15, 0.2) is 0 Å². The van der Waals surface area contributed by atoms with Crippen molar-refractivity contribution in [1.82, 2.24) is 15.1 Å². The molecule has 1 aliphatic rings. The zero-order valence-electron chi connectivity index (χ0n) is 12.8. The summed E-state index contributed by atoms with van der Waals surface area (Å²) >= 11 is 5.69. The Bertz CT molecular complexity index is 577. The lowest BCUT2D eigenvalue weighted by Gasteiger charge is -2.34. The molecule has 1 saturated heterocycles. The van der Waals surface area contributed by atoms with Crippen LogP contribution in [-0.4, -0.2) is 68.2 Å². The van der Waals surface area contributed by atoms with E-state index in [1.165, 1.54) is 17.0 Å². The van der Waals surface area contributed by atoms with Gasteiger partial charge < -0.3 is 19.9 Å². The summed E-state index contributed by atoms with van der Waals surface area (Å²) in [6, 6.07) is 3.79. The van der Waals surface area contributed by atoms with Gasteiger partial charge in [-0.05, 0) is 18.2 Å². The summed E-state index contributed by atoms with van der Waals surface area (Å²) < 4.78 is 18.7. The van der Waals surface area contributed by atoms with E-state index >= 15 is 0 Å². The number of nitrogens with one attached hydrogen (secondary N) is 1. The second kappa shape index (κ2) is 8.12. The molecule has 0 bridgehead atoms. The van der Waals surface area contributed by atoms with Gasteiger partial charge in [0.25, 0.3) is 5.91 Å². The van der Waals surface area contributed by atoms with Crippen LogP contribution >= 0.6 is 11.6 Å². The maximum Gasteiger partial charge on any atom is 0.317 e. The van der Waals surface area contributed by atoms with Gasteiger partial charge in [-0.2, -0.15) is 0 Å². The Morgan fingerprint density at radius 2 is 1.91 bits per heavy atom. The minimum atomic E-state index is -0.637. The fourth-order valence-electron chi connectivity index (χ4n) is 2.32. The minimum Gasteiger partial charge on any atom is -0.383 e. The summed E-state index contributed by atoms with van der Waals surface area (Å²) in [4.78, 5) is 27.4. The highest BCUT2D eigenvalue weighted by Gasteiger charge is 2.26. The van der Waals surface area contributed by atoms with Crippen LogP contribution < -0.4 is 5.32 Å². The number of ether oxygens (including phenoxy) is 1. The third-order valence-corrected chi connectivity index (χ3v) is 3.83. The lowest BCUT2D eigenvalue weighted by molar-refractivity contribution is 0.0659. The lowest BCUT2D eigenvalue weighted by Crippen LogP contribution is -2.53. The van der Waals surface area contributed by atoms with Crippen LogP contribution in [0.2, 0.25) is 5.02 Å². The maximum absolute atomic E-state index is 13.8. The van der Waals surface area contributed by atoms with Crippen molar-refractivity contribution in [1.29, 1.82) is 0 Å². The van der Waals surface area contributed by atoms with Crippen molar-refractivity contribution < 1.29 is 18.7 Å². The molecule has 0 atom stereocenters. The number of urea groups is 1. The number of hydrogen-bond donors (Lipinski definition) is 1. The van der Waals surface area contributed by atoms with Gasteiger partial charge in [-0.3, -0.25) is 4.79 Å². The highest BCUT2D eigenvalue weighted by atomic mass is 35.5. The number of carbonyl (C=O) groups is 2. The summed E-state index contributed by atoms with van der Waals surface area (Å²) in [6.07, 6.45) is 0. The second-order valence-electron chi connectivity index (χ2n) is 5.13. The first kappa shape index (κ1) is 17.5. The van der Waals surface area contributed by atoms with Crippen molar-refractivity contribution in [3.05, 3.63) is 34.6 Å². The number of methoxy groups -OCH3 is 1. The van der Waals surface area contributed by atoms with E-state index in [0.717, 1.165) is 6.07 Å². The van der Waals surface area contributed by atoms with E-state index in [1.807, 2.05) is 0 Å². The lowest BCUT2D eigenvalue weighted by atomic mass is 10.1. The standard InChI is InChI=1S/C15H19ClFN3O3/c1-23-9-4-18-15(22)20-7-5-19(6-8-20)14(21)12-3-2-11(16)10-13(12)17/h2-3,10H,4-9H2,1H3,(H,18,22). The number of amides is 3. The molecule has 0 aromatic heterocycles. The molecule has 126 valence electrons. The van der Waals surface area contributed by atoms with Gasteiger partial charge >= 0.3 is 6.03 Å². The van der Waals surface area contributed by atoms with Crippen molar-refractivity contribution >= 4 is 23.5 Å². The van der Waals surface area contributed by atoms with Crippen molar-refractivity contribution in [3.63, 3.8) is 0 Å². The van der Waals surface area contributed by atoms with Gasteiger partial charge in [-0.1, -0.05) is 11.6 Å². The summed E-state index contributed by atoms with van der Waals surface area (Å²) in [5, 5.41) is 2.98. The molecule has 1 heterocycles. The molecule has 0 unspecified atom stereocenters. The van der Waals surface area contributed by atoms with Crippen LogP contribution in [0.3, 0.4) is 0 Å². The highest BCUT2D eigenvalue weighted by Crippen LogP contribution is 2.17. The molecule has 1 aliphatic heterocycles. The average Bonchev–Trinajstić information content (AvgIpc) is 2.54. The molecule has 0 saturated carbocycles. The summed E-state index contributed by atoms with van der Waals surface area (Å²) in [6.45, 7) is 2.40. The van der Waals surface area contributed by atoms with Crippen molar-refractivity contribution in [3.8, 4) is 0 Å². The monoisotopic (exact) mass is 343 g/mol. The first-order valence-electron chi connectivity index (χ1n) is 7.29. The largest absolute Gasteiger partial charge is 0.383 e. The molecule has 1 aromatic carbocycles. The Morgan fingerprint density at radius 3 is 2.52 bits per heavy atom. The Hall–Kier alpha value is -1.86. The third kappa shape index (κ3) is 4.56. The number of nitrogens with zero attached hydrogens (tertiary/aromatic N) is 2. The fourth-order valence-corrected chi connectivity index (χ4v) is 2.48. The van der Waals surface area contributed by atoms with Crippen molar-refractivity contribution in [2.75, 3.05) is 46.4 Å². The van der Waals surface area contributed by atoms with E-state index < -0.39 is 11.7 Å². The van der Waals surface area contributed by atoms with Crippen LogP contribution in [0.4, 0.5) is 9.18 Å². The smallest absolute Gasteiger partial charge is 0.317 e. The van der Waals surface area contributed by atoms with Crippen LogP contribution in [0.5, 0.6) is 0 Å². The highest BCUT2D eigenvalue weighted by molar-refractivity contribution is 6.30. The average molecular weight is 344 g/mol. The molecule has 0 aliphatic carbocycles. The van der Waals surface area contributed by atoms with Crippen molar-refractivity contribution in [2.24, 2.45) is 0 Å². The normalized spacial score (nSPS) is 14.7. The summed E-state index contributed by atoms with van der Waals surface area (Å²) in [5.41, 5.74) is -0.00704. The van der Waals surface area contributed by atoms with Gasteiger partial charge in [-0.15, -0.1) is 0 Å². The molecule has 1 fully saturated rings. The van der Waals surface area contributed by atoms with E-state index in [4.69, 9.17) is 16.3 Å². The number of piperazine rings is 1. The molecule has 6 nitrogen and oxygen atoms in total. The third-order valence-electron chi connectivity index (χ3n) is 3.60. The molecule has 2 rings (SSSR count). The number of benzene rings is 1. The second-order valence-corrected chi connectivity index (χ2v) is 5.56. The molecule has 8 heteroatoms. The number of hydrogen-bond acceptors (Lipinski definition) is 3. The van der Waals surface area contributed by atoms with Crippen LogP contribution in [0.25, 0.3) is 0 Å². The topological polar surface area (TPSA) is 61.9 Å². The first-order valence-corrected chi connectivity index (χ1v) is 7.66. The maximum atomic E-state index is 13.8. The summed E-state index contributed by atoms with van der Waals surface area (Å²) in [7, 11) is 1.56. The number of carbonyl (C=O) groups excluding carboxylic acids is 2. The zero-order valence-corrected chi connectivity index (χ0v) is 13.6. The molecule has 3 amide bonds. The Balaban J connectivity index is 1.88. The van der Waals surface area contributed by atoms with Gasteiger partial charge in [0.05, 0.1) is 12.2 Å². The predicted molar refractivity (Wildman–Crippen MR) is 84.2 cm³/mol. The molecule has 1 aromatic rings. The van der Waals surface area contributed by atoms with Crippen LogP contribution in [0.15, 0.2) is 18.2 Å². The number of halogens is 2. The van der Waals surface area contributed by atoms with Gasteiger partial charge in [0, 0.05) is 44.9 Å². The molecule has 23 heavy (non-hydrogen) atoms. The fraction of sp³-hybridized carbons (Fsp3) is 0.467. The van der Waals surface area contributed by atoms with E-state index in [0.29, 0.717) is 39.3 Å². The zero-order chi connectivity index (χ0) is 16.8. The van der Waals surface area contributed by atoms with Crippen LogP contribution in [0.1, 0.15) is 10.4 Å². The van der Waals surface area contributed by atoms with Crippen molar-refractivity contribution in [2.45, 2.75) is 0 Å². The molecule has 0 spiro atoms. The van der Waals surface area contributed by atoms with E-state index in [9.17, 15) is 14.0 Å². The van der Waals surface area contributed by atoms with Gasteiger partial charge in [-0.25, -0.2) is 9.18 Å². The predicted octanol–water partition coefficient (Wildman–Crippen LogP) is 1.59. The molecule has 1 N–H and O–H groups in total. The minimum absolute atomic E-state index is 0.00704. The summed E-state index contributed by atoms with van der Waals surface area (Å²) in [5.74, 6) is -1.03. The molecular weight excluding hydrogens is 325 g/mol. The van der Waals surface area contributed by atoms with E-state index in [1.54, 1.807) is 12.0 Å².